The van der Waals surface area contributed by atoms with E-state index in [2.05, 4.69) is 319 Å². The summed E-state index contributed by atoms with van der Waals surface area (Å²) < 4.78 is 4.49. The standard InChI is InChI=1S/C48H30N6.C40H25N3.C32H22N4/c1-2-15-32(16-3-1)47-49-39(34-27-26-31-14-4-5-17-33(31)28-34)29-40(50-47)48-51-45(53-41-22-10-6-18-35(41)36-19-7-11-23-42(36)53)30-46(52-48)54-43-24-12-8-20-37(43)38-21-9-13-25-44(38)54;1-3-14-26(15-4-1)37-41-38(27-16-5-2-6-17-27)43-39(42-37)31-21-13-25-35-36(31)30-20-9-12-24-34(30)40(35)32-22-10-7-18-28(32)29-19-8-11-23-33(29)40;1-5-13-23(14-6-1)27-21-28(24-15-7-2-8-16-24)34-31(33-27)32-35-29(25-17-9-3-10-18-25)22-30(36-32)26-19-11-4-12-20-26/h1-30H;1-25H;1-22H. The van der Waals surface area contributed by atoms with Crippen LogP contribution < -0.4 is 0 Å². The van der Waals surface area contributed by atoms with Crippen LogP contribution in [0.4, 0.5) is 0 Å². The van der Waals surface area contributed by atoms with Crippen LogP contribution in [0.3, 0.4) is 0 Å². The van der Waals surface area contributed by atoms with Gasteiger partial charge in [-0.1, -0.05) is 413 Å². The summed E-state index contributed by atoms with van der Waals surface area (Å²) in [6.45, 7) is 0. The van der Waals surface area contributed by atoms with Gasteiger partial charge in [0.05, 0.1) is 56.0 Å². The van der Waals surface area contributed by atoms with Gasteiger partial charge in [0, 0.05) is 77.7 Å². The zero-order valence-corrected chi connectivity index (χ0v) is 71.8. The van der Waals surface area contributed by atoms with Gasteiger partial charge in [-0.15, -0.1) is 0 Å². The minimum atomic E-state index is -0.410. The highest BCUT2D eigenvalue weighted by Crippen LogP contribution is 2.64. The van der Waals surface area contributed by atoms with Gasteiger partial charge in [0.15, 0.2) is 40.8 Å². The molecule has 0 N–H and O–H groups in total. The van der Waals surface area contributed by atoms with E-state index in [4.69, 9.17) is 54.8 Å². The Morgan fingerprint density at radius 1 is 0.158 bits per heavy atom. The van der Waals surface area contributed by atoms with Crippen molar-refractivity contribution in [2.45, 2.75) is 5.41 Å². The number of rotatable bonds is 13. The van der Waals surface area contributed by atoms with E-state index >= 15 is 0 Å². The van der Waals surface area contributed by atoms with Crippen molar-refractivity contribution >= 4 is 54.4 Å². The molecular formula is C120H77N13. The van der Waals surface area contributed by atoms with Gasteiger partial charge in [0.1, 0.15) is 17.3 Å². The summed E-state index contributed by atoms with van der Waals surface area (Å²) >= 11 is 0. The molecule has 7 heterocycles. The summed E-state index contributed by atoms with van der Waals surface area (Å²) in [5.74, 6) is 5.61. The van der Waals surface area contributed by atoms with E-state index < -0.39 is 5.41 Å². The highest BCUT2D eigenvalue weighted by Gasteiger charge is 2.52. The number of benzene rings is 17. The van der Waals surface area contributed by atoms with Crippen molar-refractivity contribution in [2.24, 2.45) is 0 Å². The molecular weight excluding hydrogens is 1620 g/mol. The fraction of sp³-hybridized carbons (Fsp3) is 0.00833. The van der Waals surface area contributed by atoms with Crippen molar-refractivity contribution in [3.05, 3.63) is 489 Å². The van der Waals surface area contributed by atoms with Crippen LogP contribution in [0.2, 0.25) is 0 Å². The summed E-state index contributed by atoms with van der Waals surface area (Å²) in [6.07, 6.45) is 0. The van der Waals surface area contributed by atoms with Gasteiger partial charge in [-0.2, -0.15) is 0 Å². The maximum Gasteiger partial charge on any atom is 0.198 e. The molecule has 0 atom stereocenters. The third-order valence-electron chi connectivity index (χ3n) is 25.2. The van der Waals surface area contributed by atoms with Gasteiger partial charge in [-0.05, 0) is 104 Å². The lowest BCUT2D eigenvalue weighted by Gasteiger charge is -2.30. The molecule has 0 aliphatic heterocycles. The van der Waals surface area contributed by atoms with E-state index in [9.17, 15) is 0 Å². The van der Waals surface area contributed by atoms with Gasteiger partial charge in [-0.25, -0.2) is 54.8 Å². The third kappa shape index (κ3) is 14.2. The van der Waals surface area contributed by atoms with E-state index in [1.54, 1.807) is 0 Å². The Kier molecular flexibility index (Phi) is 19.8. The molecule has 13 nitrogen and oxygen atoms in total. The molecule has 622 valence electrons. The first-order valence-corrected chi connectivity index (χ1v) is 44.5. The molecule has 2 aliphatic carbocycles. The van der Waals surface area contributed by atoms with Crippen LogP contribution in [0.15, 0.2) is 467 Å². The summed E-state index contributed by atoms with van der Waals surface area (Å²) in [6, 6.07) is 161. The molecule has 133 heavy (non-hydrogen) atoms. The number of hydrogen-bond acceptors (Lipinski definition) is 11. The van der Waals surface area contributed by atoms with E-state index in [1.807, 2.05) is 158 Å². The van der Waals surface area contributed by atoms with E-state index in [-0.39, 0.29) is 0 Å². The summed E-state index contributed by atoms with van der Waals surface area (Å²) in [5, 5.41) is 6.99. The zero-order chi connectivity index (χ0) is 88.1. The summed E-state index contributed by atoms with van der Waals surface area (Å²) in [7, 11) is 0. The van der Waals surface area contributed by atoms with Crippen LogP contribution in [0.5, 0.6) is 0 Å². The van der Waals surface area contributed by atoms with Crippen LogP contribution in [-0.2, 0) is 5.41 Å². The highest BCUT2D eigenvalue weighted by molar-refractivity contribution is 6.11. The lowest BCUT2D eigenvalue weighted by atomic mass is 9.70. The molecule has 0 amide bonds. The Morgan fingerprint density at radius 2 is 0.451 bits per heavy atom. The quantitative estimate of drug-likeness (QED) is 0.108. The predicted molar refractivity (Wildman–Crippen MR) is 537 cm³/mol. The van der Waals surface area contributed by atoms with Crippen molar-refractivity contribution in [2.75, 3.05) is 0 Å². The molecule has 17 aromatic carbocycles. The monoisotopic (exact) mass is 1700 g/mol. The van der Waals surface area contributed by atoms with Gasteiger partial charge in [-0.3, -0.25) is 9.13 Å². The Hall–Kier alpha value is -18.1. The topological polar surface area (TPSA) is 152 Å². The van der Waals surface area contributed by atoms with Gasteiger partial charge < -0.3 is 0 Å². The maximum absolute atomic E-state index is 5.38. The number of aromatic nitrogens is 13. The fourth-order valence-corrected chi connectivity index (χ4v) is 19.3. The summed E-state index contributed by atoms with van der Waals surface area (Å²) in [5.41, 5.74) is 27.8. The second-order valence-corrected chi connectivity index (χ2v) is 33.1. The number of nitrogens with zero attached hydrogens (tertiary/aromatic N) is 13. The molecule has 0 saturated heterocycles. The van der Waals surface area contributed by atoms with E-state index in [1.165, 1.54) is 71.4 Å². The van der Waals surface area contributed by atoms with Crippen LogP contribution in [-0.4, -0.2) is 64.0 Å². The summed E-state index contributed by atoms with van der Waals surface area (Å²) in [4.78, 5) is 56.0. The van der Waals surface area contributed by atoms with Gasteiger partial charge in [0.2, 0.25) is 0 Å². The largest absolute Gasteiger partial charge is 0.294 e. The molecule has 2 aliphatic rings. The predicted octanol–water partition coefficient (Wildman–Crippen LogP) is 28.4. The van der Waals surface area contributed by atoms with Crippen LogP contribution in [0.25, 0.3) is 213 Å². The number of hydrogen-bond donors (Lipinski definition) is 0. The number of fused-ring (bicyclic) bond motifs is 17. The van der Waals surface area contributed by atoms with Crippen molar-refractivity contribution in [3.63, 3.8) is 0 Å². The first-order chi connectivity index (χ1) is 65.9. The minimum absolute atomic E-state index is 0.410. The average Bonchev–Trinajstić information content (AvgIpc) is 1.50. The molecule has 0 radical (unpaired) electrons. The second-order valence-electron chi connectivity index (χ2n) is 33.1. The van der Waals surface area contributed by atoms with Crippen molar-refractivity contribution < 1.29 is 0 Å². The van der Waals surface area contributed by atoms with Gasteiger partial charge >= 0.3 is 0 Å². The molecule has 7 aromatic heterocycles. The fourth-order valence-electron chi connectivity index (χ4n) is 19.3. The molecule has 26 rings (SSSR count). The maximum atomic E-state index is 5.38. The van der Waals surface area contributed by atoms with Crippen molar-refractivity contribution in [3.8, 4) is 159 Å². The molecule has 13 heteroatoms. The van der Waals surface area contributed by atoms with Gasteiger partial charge in [0.25, 0.3) is 0 Å². The van der Waals surface area contributed by atoms with E-state index in [0.29, 0.717) is 46.5 Å². The first kappa shape index (κ1) is 78.4. The highest BCUT2D eigenvalue weighted by atomic mass is 15.2. The smallest absolute Gasteiger partial charge is 0.198 e. The van der Waals surface area contributed by atoms with Crippen molar-refractivity contribution in [1.29, 1.82) is 0 Å². The Bertz CT molecular complexity index is 7990. The van der Waals surface area contributed by atoms with Crippen molar-refractivity contribution in [1.82, 2.24) is 64.0 Å². The molecule has 0 unspecified atom stereocenters. The Labute approximate surface area is 766 Å². The lowest BCUT2D eigenvalue weighted by Crippen LogP contribution is -2.25. The van der Waals surface area contributed by atoms with E-state index in [0.717, 1.165) is 118 Å². The van der Waals surface area contributed by atoms with Crippen LogP contribution in [0, 0.1) is 0 Å². The molecule has 0 bridgehead atoms. The second kappa shape index (κ2) is 33.6. The average molecular weight is 1700 g/mol. The third-order valence-corrected chi connectivity index (χ3v) is 25.2. The Morgan fingerprint density at radius 3 is 0.872 bits per heavy atom. The molecule has 24 aromatic rings. The van der Waals surface area contributed by atoms with Crippen LogP contribution >= 0.6 is 0 Å². The molecule has 1 spiro atoms. The normalized spacial score (nSPS) is 12.0. The minimum Gasteiger partial charge on any atom is -0.294 e. The van der Waals surface area contributed by atoms with Crippen LogP contribution in [0.1, 0.15) is 22.3 Å². The molecule has 0 fully saturated rings. The first-order valence-electron chi connectivity index (χ1n) is 44.5. The zero-order valence-electron chi connectivity index (χ0n) is 71.8. The Balaban J connectivity index is 0.000000112. The lowest BCUT2D eigenvalue weighted by molar-refractivity contribution is 0.794. The SMILES string of the molecule is c1ccc(-c2cc(-c3ccccc3)nc(-c3nc(-c4ccccc4)cc(-c4ccccc4)n3)n2)cc1.c1ccc(-c2nc(-c3ccc4ccccc4c3)cc(-c3nc(-n4c5ccccc5c5ccccc54)cc(-n4c5ccccc5c5ccccc54)n3)n2)cc1.c1ccc(-c2nc(-c3ccccc3)nc(-c3cccc4c3-c3ccccc3C43c4ccccc4-c4ccccc43)n2)cc1. The molecule has 0 saturated carbocycles. The number of para-hydroxylation sites is 4.